The van der Waals surface area contributed by atoms with Gasteiger partial charge in [0.1, 0.15) is 5.60 Å². The lowest BCUT2D eigenvalue weighted by Gasteiger charge is -2.31. The standard InChI is InChI=1S/C20H21NO6/c1-20(2,3)27-19(26)21-15(22)9-8-11(18(21)25)10-14-16(23)12-6-4-5-7-13(12)17(14)24/h4-7,11,14H,8-10H2,1-3H3. The number of piperidine rings is 1. The summed E-state index contributed by atoms with van der Waals surface area (Å²) < 4.78 is 5.14. The van der Waals surface area contributed by atoms with Crippen molar-refractivity contribution in [1.82, 2.24) is 4.90 Å². The summed E-state index contributed by atoms with van der Waals surface area (Å²) in [5.41, 5.74) is -0.143. The number of ether oxygens (including phenoxy) is 1. The van der Waals surface area contributed by atoms with Gasteiger partial charge in [-0.05, 0) is 33.6 Å². The Morgan fingerprint density at radius 3 is 2.15 bits per heavy atom. The molecule has 1 atom stereocenters. The molecule has 0 saturated carbocycles. The summed E-state index contributed by atoms with van der Waals surface area (Å²) in [6, 6.07) is 6.55. The lowest BCUT2D eigenvalue weighted by molar-refractivity contribution is -0.150. The van der Waals surface area contributed by atoms with Gasteiger partial charge >= 0.3 is 6.09 Å². The number of Topliss-reactive ketones (excluding diaryl/α,β-unsaturated/α-hetero) is 2. The third-order valence-electron chi connectivity index (χ3n) is 4.71. The minimum Gasteiger partial charge on any atom is -0.443 e. The first-order valence-corrected chi connectivity index (χ1v) is 8.87. The van der Waals surface area contributed by atoms with Gasteiger partial charge in [0.05, 0.1) is 5.92 Å². The quantitative estimate of drug-likeness (QED) is 0.586. The van der Waals surface area contributed by atoms with Gasteiger partial charge in [0.2, 0.25) is 11.8 Å². The third-order valence-corrected chi connectivity index (χ3v) is 4.71. The van der Waals surface area contributed by atoms with E-state index in [1.165, 1.54) is 0 Å². The first-order valence-electron chi connectivity index (χ1n) is 8.87. The number of hydrogen-bond donors (Lipinski definition) is 0. The van der Waals surface area contributed by atoms with Gasteiger partial charge in [-0.1, -0.05) is 24.3 Å². The molecule has 3 rings (SSSR count). The fourth-order valence-electron chi connectivity index (χ4n) is 3.46. The molecule has 1 unspecified atom stereocenters. The molecular formula is C20H21NO6. The Bertz CT molecular complexity index is 815. The zero-order valence-corrected chi connectivity index (χ0v) is 15.5. The van der Waals surface area contributed by atoms with Gasteiger partial charge in [-0.25, -0.2) is 4.79 Å². The van der Waals surface area contributed by atoms with E-state index in [0.717, 1.165) is 0 Å². The van der Waals surface area contributed by atoms with Gasteiger partial charge < -0.3 is 4.74 Å². The van der Waals surface area contributed by atoms with E-state index in [1.807, 2.05) is 0 Å². The Morgan fingerprint density at radius 2 is 1.63 bits per heavy atom. The van der Waals surface area contributed by atoms with Crippen molar-refractivity contribution in [3.63, 3.8) is 0 Å². The summed E-state index contributed by atoms with van der Waals surface area (Å²) in [5, 5.41) is 0. The molecule has 142 valence electrons. The van der Waals surface area contributed by atoms with Crippen molar-refractivity contribution >= 4 is 29.5 Å². The van der Waals surface area contributed by atoms with E-state index in [1.54, 1.807) is 45.0 Å². The Hall–Kier alpha value is -2.83. The molecule has 0 spiro atoms. The molecule has 1 heterocycles. The Balaban J connectivity index is 1.78. The van der Waals surface area contributed by atoms with Crippen LogP contribution in [0.25, 0.3) is 0 Å². The number of carbonyl (C=O) groups is 5. The molecule has 1 fully saturated rings. The van der Waals surface area contributed by atoms with Crippen LogP contribution in [0.5, 0.6) is 0 Å². The maximum Gasteiger partial charge on any atom is 0.424 e. The van der Waals surface area contributed by atoms with Crippen molar-refractivity contribution in [3.8, 4) is 0 Å². The molecule has 1 aromatic rings. The molecule has 1 aliphatic carbocycles. The van der Waals surface area contributed by atoms with Crippen LogP contribution in [0.2, 0.25) is 0 Å². The smallest absolute Gasteiger partial charge is 0.424 e. The summed E-state index contributed by atoms with van der Waals surface area (Å²) in [5.74, 6) is -3.68. The van der Waals surface area contributed by atoms with E-state index in [9.17, 15) is 24.0 Å². The second-order valence-electron chi connectivity index (χ2n) is 7.85. The van der Waals surface area contributed by atoms with Gasteiger partial charge in [0.15, 0.2) is 11.6 Å². The number of ketones is 2. The van der Waals surface area contributed by atoms with Crippen LogP contribution in [0, 0.1) is 11.8 Å². The lowest BCUT2D eigenvalue weighted by atomic mass is 9.85. The zero-order chi connectivity index (χ0) is 19.9. The predicted octanol–water partition coefficient (Wildman–Crippen LogP) is 2.77. The van der Waals surface area contributed by atoms with E-state index in [2.05, 4.69) is 0 Å². The van der Waals surface area contributed by atoms with Gasteiger partial charge in [0.25, 0.3) is 0 Å². The lowest BCUT2D eigenvalue weighted by Crippen LogP contribution is -2.50. The monoisotopic (exact) mass is 371 g/mol. The first kappa shape index (κ1) is 18.9. The van der Waals surface area contributed by atoms with Crippen LogP contribution >= 0.6 is 0 Å². The highest BCUT2D eigenvalue weighted by Crippen LogP contribution is 2.34. The number of nitrogens with zero attached hydrogens (tertiary/aromatic N) is 1. The summed E-state index contributed by atoms with van der Waals surface area (Å²) in [4.78, 5) is 62.7. The second kappa shape index (κ2) is 6.72. The minimum absolute atomic E-state index is 0.0161. The Labute approximate surface area is 156 Å². The van der Waals surface area contributed by atoms with E-state index in [4.69, 9.17) is 4.74 Å². The molecular weight excluding hydrogens is 350 g/mol. The number of hydrogen-bond acceptors (Lipinski definition) is 6. The number of amides is 3. The Kier molecular flexibility index (Phi) is 4.71. The molecule has 0 N–H and O–H groups in total. The highest BCUT2D eigenvalue weighted by Gasteiger charge is 2.45. The van der Waals surface area contributed by atoms with Crippen molar-refractivity contribution in [2.75, 3.05) is 0 Å². The van der Waals surface area contributed by atoms with Crippen LogP contribution < -0.4 is 0 Å². The van der Waals surface area contributed by atoms with Gasteiger partial charge in [-0.15, -0.1) is 0 Å². The fourth-order valence-corrected chi connectivity index (χ4v) is 3.46. The van der Waals surface area contributed by atoms with Crippen LogP contribution in [-0.2, 0) is 14.3 Å². The van der Waals surface area contributed by atoms with Crippen molar-refractivity contribution in [2.45, 2.75) is 45.6 Å². The summed E-state index contributed by atoms with van der Waals surface area (Å²) in [7, 11) is 0. The van der Waals surface area contributed by atoms with Crippen molar-refractivity contribution in [3.05, 3.63) is 35.4 Å². The largest absolute Gasteiger partial charge is 0.443 e. The van der Waals surface area contributed by atoms with E-state index >= 15 is 0 Å². The number of likely N-dealkylation sites (tertiary alicyclic amines) is 1. The highest BCUT2D eigenvalue weighted by molar-refractivity contribution is 6.26. The molecule has 7 heteroatoms. The van der Waals surface area contributed by atoms with E-state index in [-0.39, 0.29) is 30.8 Å². The molecule has 2 aliphatic rings. The molecule has 7 nitrogen and oxygen atoms in total. The van der Waals surface area contributed by atoms with E-state index < -0.39 is 35.3 Å². The number of imide groups is 3. The Morgan fingerprint density at radius 1 is 1.07 bits per heavy atom. The van der Waals surface area contributed by atoms with Crippen molar-refractivity contribution < 1.29 is 28.7 Å². The third kappa shape index (κ3) is 3.54. The number of fused-ring (bicyclic) bond motifs is 1. The van der Waals surface area contributed by atoms with Gasteiger partial charge in [-0.3, -0.25) is 19.2 Å². The van der Waals surface area contributed by atoms with Crippen LogP contribution in [-0.4, -0.2) is 40.0 Å². The first-order chi connectivity index (χ1) is 12.6. The van der Waals surface area contributed by atoms with Crippen LogP contribution in [0.15, 0.2) is 24.3 Å². The SMILES string of the molecule is CC(C)(C)OC(=O)N1C(=O)CCC(CC2C(=O)c3ccccc3C2=O)C1=O. The molecule has 0 radical (unpaired) electrons. The van der Waals surface area contributed by atoms with Crippen LogP contribution in [0.4, 0.5) is 4.79 Å². The molecule has 1 aromatic carbocycles. The molecule has 1 aliphatic heterocycles. The molecule has 1 saturated heterocycles. The second-order valence-corrected chi connectivity index (χ2v) is 7.85. The predicted molar refractivity (Wildman–Crippen MR) is 94.0 cm³/mol. The average molecular weight is 371 g/mol. The number of benzene rings is 1. The zero-order valence-electron chi connectivity index (χ0n) is 15.5. The minimum atomic E-state index is -1.02. The van der Waals surface area contributed by atoms with E-state index in [0.29, 0.717) is 16.0 Å². The molecule has 0 aromatic heterocycles. The normalized spacial score (nSPS) is 20.9. The molecule has 0 bridgehead atoms. The highest BCUT2D eigenvalue weighted by atomic mass is 16.6. The number of rotatable bonds is 2. The van der Waals surface area contributed by atoms with Crippen molar-refractivity contribution in [2.24, 2.45) is 11.8 Å². The molecule has 3 amide bonds. The van der Waals surface area contributed by atoms with Crippen molar-refractivity contribution in [1.29, 1.82) is 0 Å². The summed E-state index contributed by atoms with van der Waals surface area (Å²) in [6.45, 7) is 4.90. The van der Waals surface area contributed by atoms with Crippen LogP contribution in [0.1, 0.15) is 60.7 Å². The maximum atomic E-state index is 12.7. The summed E-state index contributed by atoms with van der Waals surface area (Å²) >= 11 is 0. The maximum absolute atomic E-state index is 12.7. The topological polar surface area (TPSA) is 97.8 Å². The van der Waals surface area contributed by atoms with Gasteiger partial charge in [-0.2, -0.15) is 4.90 Å². The number of carbonyl (C=O) groups excluding carboxylic acids is 5. The average Bonchev–Trinajstić information content (AvgIpc) is 2.81. The fraction of sp³-hybridized carbons (Fsp3) is 0.450. The summed E-state index contributed by atoms with van der Waals surface area (Å²) in [6.07, 6.45) is -0.852. The molecule has 27 heavy (non-hydrogen) atoms. The van der Waals surface area contributed by atoms with Gasteiger partial charge in [0, 0.05) is 23.5 Å². The van der Waals surface area contributed by atoms with Crippen LogP contribution in [0.3, 0.4) is 0 Å².